The van der Waals surface area contributed by atoms with E-state index in [1.165, 1.54) is 4.90 Å². The molecule has 20 heavy (non-hydrogen) atoms. The second-order valence-electron chi connectivity index (χ2n) is 5.95. The lowest BCUT2D eigenvalue weighted by Gasteiger charge is -2.41. The van der Waals surface area contributed by atoms with Gasteiger partial charge in [-0.1, -0.05) is 39.0 Å². The van der Waals surface area contributed by atoms with Crippen LogP contribution in [0.2, 0.25) is 0 Å². The van der Waals surface area contributed by atoms with Crippen molar-refractivity contribution < 1.29 is 14.3 Å². The molecule has 2 atom stereocenters. The monoisotopic (exact) mass is 339 g/mol. The highest BCUT2D eigenvalue weighted by atomic mass is 79.9. The van der Waals surface area contributed by atoms with Gasteiger partial charge in [0, 0.05) is 11.0 Å². The predicted octanol–water partition coefficient (Wildman–Crippen LogP) is 3.17. The molecule has 0 bridgehead atoms. The van der Waals surface area contributed by atoms with E-state index in [-0.39, 0.29) is 5.91 Å². The minimum absolute atomic E-state index is 0.226. The number of carbonyl (C=O) groups excluding carboxylic acids is 2. The van der Waals surface area contributed by atoms with Gasteiger partial charge in [0.25, 0.3) is 10.5 Å². The number of benzene rings is 1. The van der Waals surface area contributed by atoms with Crippen molar-refractivity contribution in [2.24, 2.45) is 5.41 Å². The van der Waals surface area contributed by atoms with E-state index in [9.17, 15) is 9.59 Å². The van der Waals surface area contributed by atoms with E-state index in [0.29, 0.717) is 5.56 Å². The van der Waals surface area contributed by atoms with E-state index in [0.717, 1.165) is 0 Å². The number of halogens is 1. The lowest BCUT2D eigenvalue weighted by Crippen LogP contribution is -2.54. The van der Waals surface area contributed by atoms with Crippen LogP contribution in [0.15, 0.2) is 30.3 Å². The summed E-state index contributed by atoms with van der Waals surface area (Å²) in [6.45, 7) is 7.42. The third-order valence-corrected chi connectivity index (χ3v) is 5.17. The Bertz CT molecular complexity index is 538. The van der Waals surface area contributed by atoms with Crippen LogP contribution in [0, 0.1) is 5.41 Å². The standard InChI is InChI=1S/C15H18BrNO3/c1-10-13(19)20-15(16,14(2,3)4)17(10)12(18)11-8-6-5-7-9-11/h5-10H,1-4H3. The molecular formula is C15H18BrNO3. The first kappa shape index (κ1) is 15.0. The van der Waals surface area contributed by atoms with Crippen LogP contribution in [-0.4, -0.2) is 27.5 Å². The lowest BCUT2D eigenvalue weighted by molar-refractivity contribution is -0.150. The Kier molecular flexibility index (Phi) is 3.67. The van der Waals surface area contributed by atoms with Gasteiger partial charge in [-0.2, -0.15) is 0 Å². The van der Waals surface area contributed by atoms with E-state index in [2.05, 4.69) is 15.9 Å². The average Bonchev–Trinajstić information content (AvgIpc) is 2.61. The Morgan fingerprint density at radius 3 is 2.35 bits per heavy atom. The van der Waals surface area contributed by atoms with Crippen molar-refractivity contribution >= 4 is 27.8 Å². The predicted molar refractivity (Wildman–Crippen MR) is 79.3 cm³/mol. The van der Waals surface area contributed by atoms with Crippen LogP contribution in [0.1, 0.15) is 38.1 Å². The Hall–Kier alpha value is -1.36. The molecule has 0 saturated carbocycles. The highest BCUT2D eigenvalue weighted by Gasteiger charge is 2.59. The van der Waals surface area contributed by atoms with Gasteiger partial charge in [-0.05, 0) is 35.0 Å². The third kappa shape index (κ3) is 2.24. The van der Waals surface area contributed by atoms with Crippen LogP contribution in [0.3, 0.4) is 0 Å². The van der Waals surface area contributed by atoms with Crippen molar-refractivity contribution in [3.63, 3.8) is 0 Å². The van der Waals surface area contributed by atoms with Gasteiger partial charge < -0.3 is 4.74 Å². The van der Waals surface area contributed by atoms with E-state index in [1.54, 1.807) is 31.2 Å². The van der Waals surface area contributed by atoms with Crippen LogP contribution in [0.5, 0.6) is 0 Å². The number of esters is 1. The highest BCUT2D eigenvalue weighted by molar-refractivity contribution is 9.10. The number of hydrogen-bond acceptors (Lipinski definition) is 3. The van der Waals surface area contributed by atoms with Gasteiger partial charge in [0.2, 0.25) is 0 Å². The van der Waals surface area contributed by atoms with Crippen LogP contribution >= 0.6 is 15.9 Å². The number of ether oxygens (including phenoxy) is 1. The molecule has 2 unspecified atom stereocenters. The first-order valence-electron chi connectivity index (χ1n) is 6.49. The maximum atomic E-state index is 12.7. The molecule has 1 heterocycles. The fourth-order valence-electron chi connectivity index (χ4n) is 2.16. The van der Waals surface area contributed by atoms with Gasteiger partial charge in [-0.3, -0.25) is 9.69 Å². The minimum atomic E-state index is -1.14. The minimum Gasteiger partial charge on any atom is -0.426 e. The second-order valence-corrected chi connectivity index (χ2v) is 7.02. The summed E-state index contributed by atoms with van der Waals surface area (Å²) >= 11 is 3.47. The second kappa shape index (κ2) is 4.88. The van der Waals surface area contributed by atoms with Gasteiger partial charge in [-0.15, -0.1) is 0 Å². The number of carbonyl (C=O) groups is 2. The SMILES string of the molecule is CC1C(=O)OC(Br)(C(C)(C)C)N1C(=O)c1ccccc1. The molecule has 1 aliphatic rings. The summed E-state index contributed by atoms with van der Waals surface area (Å²) in [5, 5.41) is 0. The first-order chi connectivity index (χ1) is 9.18. The molecule has 1 saturated heterocycles. The number of rotatable bonds is 1. The normalized spacial score (nSPS) is 26.6. The van der Waals surface area contributed by atoms with Crippen molar-refractivity contribution in [3.05, 3.63) is 35.9 Å². The lowest BCUT2D eigenvalue weighted by atomic mass is 9.92. The number of amides is 1. The zero-order chi connectivity index (χ0) is 15.1. The fourth-order valence-corrected chi connectivity index (χ4v) is 2.79. The molecule has 0 N–H and O–H groups in total. The number of cyclic esters (lactones) is 1. The van der Waals surface area contributed by atoms with E-state index in [1.807, 2.05) is 26.8 Å². The van der Waals surface area contributed by atoms with Crippen LogP contribution in [0.25, 0.3) is 0 Å². The molecule has 2 rings (SSSR count). The Balaban J connectivity index is 2.46. The number of hydrogen-bond donors (Lipinski definition) is 0. The summed E-state index contributed by atoms with van der Waals surface area (Å²) in [5.74, 6) is -0.628. The molecule has 0 spiro atoms. The smallest absolute Gasteiger partial charge is 0.331 e. The van der Waals surface area contributed by atoms with E-state index in [4.69, 9.17) is 4.74 Å². The molecule has 108 valence electrons. The molecule has 1 aromatic carbocycles. The zero-order valence-corrected chi connectivity index (χ0v) is 13.6. The summed E-state index contributed by atoms with van der Waals surface area (Å²) in [6, 6.07) is 8.27. The Morgan fingerprint density at radius 2 is 1.85 bits per heavy atom. The molecule has 1 fully saturated rings. The van der Waals surface area contributed by atoms with Crippen molar-refractivity contribution in [1.82, 2.24) is 4.90 Å². The van der Waals surface area contributed by atoms with Crippen molar-refractivity contribution in [3.8, 4) is 0 Å². The van der Waals surface area contributed by atoms with E-state index < -0.39 is 22.1 Å². The molecule has 0 aliphatic carbocycles. The molecular weight excluding hydrogens is 322 g/mol. The largest absolute Gasteiger partial charge is 0.426 e. The molecule has 1 amide bonds. The van der Waals surface area contributed by atoms with Gasteiger partial charge in [0.15, 0.2) is 0 Å². The third-order valence-electron chi connectivity index (χ3n) is 3.44. The zero-order valence-electron chi connectivity index (χ0n) is 12.0. The molecule has 5 heteroatoms. The van der Waals surface area contributed by atoms with Crippen molar-refractivity contribution in [2.75, 3.05) is 0 Å². The molecule has 1 aromatic rings. The number of alkyl halides is 1. The van der Waals surface area contributed by atoms with Gasteiger partial charge in [-0.25, -0.2) is 4.79 Å². The fraction of sp³-hybridized carbons (Fsp3) is 0.467. The number of nitrogens with zero attached hydrogens (tertiary/aromatic N) is 1. The van der Waals surface area contributed by atoms with Crippen molar-refractivity contribution in [1.29, 1.82) is 0 Å². The van der Waals surface area contributed by atoms with Crippen molar-refractivity contribution in [2.45, 2.75) is 38.4 Å². The average molecular weight is 340 g/mol. The van der Waals surface area contributed by atoms with Crippen LogP contribution < -0.4 is 0 Å². The topological polar surface area (TPSA) is 46.6 Å². The molecule has 1 aliphatic heterocycles. The quantitative estimate of drug-likeness (QED) is 0.448. The van der Waals surface area contributed by atoms with Gasteiger partial charge in [0.1, 0.15) is 6.04 Å². The highest BCUT2D eigenvalue weighted by Crippen LogP contribution is 2.47. The van der Waals surface area contributed by atoms with Crippen LogP contribution in [0.4, 0.5) is 0 Å². The molecule has 4 nitrogen and oxygen atoms in total. The Morgan fingerprint density at radius 1 is 1.30 bits per heavy atom. The van der Waals surface area contributed by atoms with Crippen LogP contribution in [-0.2, 0) is 9.53 Å². The van der Waals surface area contributed by atoms with E-state index >= 15 is 0 Å². The summed E-state index contributed by atoms with van der Waals surface area (Å²) in [4.78, 5) is 26.1. The Labute approximate surface area is 127 Å². The summed E-state index contributed by atoms with van der Waals surface area (Å²) in [7, 11) is 0. The molecule has 0 aromatic heterocycles. The summed E-state index contributed by atoms with van der Waals surface area (Å²) in [6.07, 6.45) is 0. The van der Waals surface area contributed by atoms with Gasteiger partial charge >= 0.3 is 5.97 Å². The van der Waals surface area contributed by atoms with Gasteiger partial charge in [0.05, 0.1) is 0 Å². The summed E-state index contributed by atoms with van der Waals surface area (Å²) in [5.41, 5.74) is 0.0726. The maximum Gasteiger partial charge on any atom is 0.331 e. The molecule has 0 radical (unpaired) electrons. The first-order valence-corrected chi connectivity index (χ1v) is 7.28. The maximum absolute atomic E-state index is 12.7. The summed E-state index contributed by atoms with van der Waals surface area (Å²) < 4.78 is 4.33.